The molecule has 1 aromatic rings. The lowest BCUT2D eigenvalue weighted by Crippen LogP contribution is -2.17. The third kappa shape index (κ3) is 7.29. The summed E-state index contributed by atoms with van der Waals surface area (Å²) in [6, 6.07) is 8.10. The van der Waals surface area contributed by atoms with Gasteiger partial charge in [-0.15, -0.1) is 11.8 Å². The molecule has 0 unspecified atom stereocenters. The molecule has 1 rings (SSSR count). The molecule has 0 aromatic heterocycles. The largest absolute Gasteiger partial charge is 0.390 e. The lowest BCUT2D eigenvalue weighted by atomic mass is 10.0. The highest BCUT2D eigenvalue weighted by atomic mass is 32.2. The van der Waals surface area contributed by atoms with Crippen LogP contribution in [0, 0.1) is 23.7 Å². The van der Waals surface area contributed by atoms with Crippen LogP contribution in [-0.2, 0) is 0 Å². The van der Waals surface area contributed by atoms with Crippen LogP contribution in [0.4, 0.5) is 0 Å². The highest BCUT2D eigenvalue weighted by Gasteiger charge is 2.10. The van der Waals surface area contributed by atoms with Gasteiger partial charge < -0.3 is 5.11 Å². The smallest absolute Gasteiger partial charge is 0.0591 e. The van der Waals surface area contributed by atoms with Gasteiger partial charge in [-0.25, -0.2) is 0 Å². The van der Waals surface area contributed by atoms with Gasteiger partial charge in [-0.3, -0.25) is 0 Å². The number of benzene rings is 1. The molecule has 0 radical (unpaired) electrons. The van der Waals surface area contributed by atoms with E-state index in [9.17, 15) is 5.11 Å². The first-order valence-electron chi connectivity index (χ1n) is 6.87. The molecule has 0 saturated heterocycles. The van der Waals surface area contributed by atoms with Gasteiger partial charge in [0.2, 0.25) is 0 Å². The fourth-order valence-corrected chi connectivity index (χ4v) is 2.28. The van der Waals surface area contributed by atoms with E-state index in [1.165, 1.54) is 4.90 Å². The Balaban J connectivity index is 2.38. The fourth-order valence-electron chi connectivity index (χ4n) is 1.72. The standard InChI is InChI=1S/C18H22OS/c1-18(2,19)15-11-7-5-4-6-8-12-16-13-9-10-14-17(16)20-3/h9-10,13-14,19H,5,7,11,15H2,1-3H3. The van der Waals surface area contributed by atoms with E-state index in [0.717, 1.165) is 31.2 Å². The molecule has 0 saturated carbocycles. The summed E-state index contributed by atoms with van der Waals surface area (Å²) in [5.74, 6) is 12.0. The van der Waals surface area contributed by atoms with E-state index in [1.807, 2.05) is 32.0 Å². The van der Waals surface area contributed by atoms with Crippen molar-refractivity contribution >= 4 is 11.8 Å². The second kappa shape index (κ2) is 8.75. The zero-order valence-corrected chi connectivity index (χ0v) is 13.3. The minimum Gasteiger partial charge on any atom is -0.390 e. The molecule has 0 spiro atoms. The van der Waals surface area contributed by atoms with E-state index < -0.39 is 5.60 Å². The van der Waals surface area contributed by atoms with E-state index >= 15 is 0 Å². The van der Waals surface area contributed by atoms with Crippen LogP contribution in [0.1, 0.15) is 45.1 Å². The van der Waals surface area contributed by atoms with E-state index in [2.05, 4.69) is 36.0 Å². The molecule has 0 amide bonds. The van der Waals surface area contributed by atoms with Crippen molar-refractivity contribution in [1.82, 2.24) is 0 Å². The first-order chi connectivity index (χ1) is 9.53. The van der Waals surface area contributed by atoms with E-state index in [0.29, 0.717) is 0 Å². The van der Waals surface area contributed by atoms with Crippen molar-refractivity contribution < 1.29 is 5.11 Å². The van der Waals surface area contributed by atoms with Crippen LogP contribution in [0.2, 0.25) is 0 Å². The van der Waals surface area contributed by atoms with Crippen LogP contribution < -0.4 is 0 Å². The molecule has 0 heterocycles. The molecule has 0 atom stereocenters. The molecule has 0 aliphatic carbocycles. The summed E-state index contributed by atoms with van der Waals surface area (Å²) in [5.41, 5.74) is 0.478. The highest BCUT2D eigenvalue weighted by molar-refractivity contribution is 7.98. The summed E-state index contributed by atoms with van der Waals surface area (Å²) in [6.07, 6.45) is 5.73. The van der Waals surface area contributed by atoms with Crippen molar-refractivity contribution in [3.63, 3.8) is 0 Å². The number of rotatable bonds is 5. The van der Waals surface area contributed by atoms with Crippen molar-refractivity contribution in [1.29, 1.82) is 0 Å². The zero-order valence-electron chi connectivity index (χ0n) is 12.5. The Morgan fingerprint density at radius 1 is 1.15 bits per heavy atom. The average Bonchev–Trinajstić information content (AvgIpc) is 2.41. The highest BCUT2D eigenvalue weighted by Crippen LogP contribution is 2.18. The normalized spacial score (nSPS) is 10.2. The summed E-state index contributed by atoms with van der Waals surface area (Å²) in [5, 5.41) is 9.57. The van der Waals surface area contributed by atoms with Crippen molar-refractivity contribution in [2.75, 3.05) is 6.26 Å². The minimum absolute atomic E-state index is 0.561. The molecule has 0 aliphatic heterocycles. The SMILES string of the molecule is CSc1ccccc1C#CC#CCCCCC(C)(C)O. The Bertz CT molecular complexity index is 532. The Morgan fingerprint density at radius 3 is 2.60 bits per heavy atom. The second-order valence-corrected chi connectivity index (χ2v) is 6.12. The maximum Gasteiger partial charge on any atom is 0.0591 e. The predicted octanol–water partition coefficient (Wildman–Crippen LogP) is 4.09. The van der Waals surface area contributed by atoms with Crippen molar-refractivity contribution in [2.24, 2.45) is 0 Å². The van der Waals surface area contributed by atoms with Gasteiger partial charge >= 0.3 is 0 Å². The summed E-state index contributed by atoms with van der Waals surface area (Å²) >= 11 is 1.70. The molecule has 106 valence electrons. The van der Waals surface area contributed by atoms with Gasteiger partial charge in [0.25, 0.3) is 0 Å². The number of hydrogen-bond donors (Lipinski definition) is 1. The minimum atomic E-state index is -0.561. The van der Waals surface area contributed by atoms with E-state index in [1.54, 1.807) is 11.8 Å². The average molecular weight is 286 g/mol. The molecule has 0 bridgehead atoms. The summed E-state index contributed by atoms with van der Waals surface area (Å²) in [7, 11) is 0. The maximum absolute atomic E-state index is 9.57. The number of thioether (sulfide) groups is 1. The molecule has 0 aliphatic rings. The van der Waals surface area contributed by atoms with Crippen LogP contribution >= 0.6 is 11.8 Å². The van der Waals surface area contributed by atoms with Gasteiger partial charge in [-0.1, -0.05) is 24.0 Å². The van der Waals surface area contributed by atoms with Crippen molar-refractivity contribution in [3.8, 4) is 23.7 Å². The Kier molecular flexibility index (Phi) is 7.31. The van der Waals surface area contributed by atoms with Gasteiger partial charge in [-0.05, 0) is 63.3 Å². The quantitative estimate of drug-likeness (QED) is 0.500. The Morgan fingerprint density at radius 2 is 1.90 bits per heavy atom. The maximum atomic E-state index is 9.57. The third-order valence-electron chi connectivity index (χ3n) is 2.80. The van der Waals surface area contributed by atoms with Gasteiger partial charge in [-0.2, -0.15) is 0 Å². The van der Waals surface area contributed by atoms with E-state index in [4.69, 9.17) is 0 Å². The Hall–Kier alpha value is -1.35. The molecular weight excluding hydrogens is 264 g/mol. The molecular formula is C18H22OS. The molecule has 20 heavy (non-hydrogen) atoms. The summed E-state index contributed by atoms with van der Waals surface area (Å²) < 4.78 is 0. The molecule has 1 N–H and O–H groups in total. The third-order valence-corrected chi connectivity index (χ3v) is 3.59. The first-order valence-corrected chi connectivity index (χ1v) is 8.10. The number of hydrogen-bond acceptors (Lipinski definition) is 2. The van der Waals surface area contributed by atoms with Crippen LogP contribution in [0.3, 0.4) is 0 Å². The lowest BCUT2D eigenvalue weighted by molar-refractivity contribution is 0.0683. The zero-order chi connectivity index (χ0) is 14.8. The van der Waals surface area contributed by atoms with Gasteiger partial charge in [0.1, 0.15) is 0 Å². The molecule has 0 fully saturated rings. The van der Waals surface area contributed by atoms with Gasteiger partial charge in [0.05, 0.1) is 5.60 Å². The molecule has 1 aromatic carbocycles. The molecule has 2 heteroatoms. The second-order valence-electron chi connectivity index (χ2n) is 5.27. The number of unbranched alkanes of at least 4 members (excludes halogenated alkanes) is 2. The number of aliphatic hydroxyl groups is 1. The monoisotopic (exact) mass is 286 g/mol. The van der Waals surface area contributed by atoms with Crippen LogP contribution in [0.5, 0.6) is 0 Å². The van der Waals surface area contributed by atoms with Crippen LogP contribution in [-0.4, -0.2) is 17.0 Å². The summed E-state index contributed by atoms with van der Waals surface area (Å²) in [4.78, 5) is 1.19. The van der Waals surface area contributed by atoms with Crippen LogP contribution in [0.25, 0.3) is 0 Å². The van der Waals surface area contributed by atoms with Crippen molar-refractivity contribution in [3.05, 3.63) is 29.8 Å². The first kappa shape index (κ1) is 16.7. The van der Waals surface area contributed by atoms with Gasteiger partial charge in [0, 0.05) is 16.9 Å². The fraction of sp³-hybridized carbons (Fsp3) is 0.444. The van der Waals surface area contributed by atoms with E-state index in [-0.39, 0.29) is 0 Å². The summed E-state index contributed by atoms with van der Waals surface area (Å²) in [6.45, 7) is 3.68. The Labute approximate surface area is 127 Å². The topological polar surface area (TPSA) is 20.2 Å². The lowest BCUT2D eigenvalue weighted by Gasteiger charge is -2.15. The molecule has 1 nitrogen and oxygen atoms in total. The predicted molar refractivity (Wildman–Crippen MR) is 87.6 cm³/mol. The van der Waals surface area contributed by atoms with Gasteiger partial charge in [0.15, 0.2) is 0 Å². The van der Waals surface area contributed by atoms with Crippen molar-refractivity contribution in [2.45, 2.75) is 50.0 Å². The van der Waals surface area contributed by atoms with Crippen LogP contribution in [0.15, 0.2) is 29.2 Å².